The monoisotopic (exact) mass is 177 g/mol. The predicted octanol–water partition coefficient (Wildman–Crippen LogP) is 1.15. The van der Waals surface area contributed by atoms with Crippen LogP contribution in [0.5, 0.6) is 0 Å². The molecule has 0 aliphatic carbocycles. The molecule has 1 aromatic rings. The molecule has 0 saturated carbocycles. The Bertz CT molecular complexity index is 348. The highest BCUT2D eigenvalue weighted by atomic mass is 16.1. The lowest BCUT2D eigenvalue weighted by Crippen LogP contribution is -2.15. The average Bonchev–Trinajstić information content (AvgIpc) is 2.50. The fraction of sp³-hybridized carbons (Fsp3) is 0.444. The molecule has 0 N–H and O–H groups in total. The summed E-state index contributed by atoms with van der Waals surface area (Å²) in [6, 6.07) is 1.97. The Morgan fingerprint density at radius 2 is 2.54 bits per heavy atom. The van der Waals surface area contributed by atoms with E-state index in [0.717, 1.165) is 0 Å². The molecule has 0 radical (unpaired) electrons. The number of aromatic nitrogens is 2. The summed E-state index contributed by atoms with van der Waals surface area (Å²) >= 11 is 0. The molecule has 4 nitrogen and oxygen atoms in total. The second-order valence-electron chi connectivity index (χ2n) is 2.99. The highest BCUT2D eigenvalue weighted by Gasteiger charge is 2.18. The lowest BCUT2D eigenvalue weighted by Gasteiger charge is -2.04. The van der Waals surface area contributed by atoms with Crippen LogP contribution in [0.1, 0.15) is 24.0 Å². The molecule has 0 saturated heterocycles. The van der Waals surface area contributed by atoms with Crippen LogP contribution in [0, 0.1) is 17.2 Å². The average molecular weight is 177 g/mol. The van der Waals surface area contributed by atoms with Crippen molar-refractivity contribution in [2.24, 2.45) is 13.0 Å². The zero-order chi connectivity index (χ0) is 9.84. The largest absolute Gasteiger partial charge is 0.332 e. The number of hydrogen-bond donors (Lipinski definition) is 0. The van der Waals surface area contributed by atoms with E-state index in [2.05, 4.69) is 4.98 Å². The first-order valence-corrected chi connectivity index (χ1v) is 4.05. The number of ketones is 1. The lowest BCUT2D eigenvalue weighted by atomic mass is 10.0. The van der Waals surface area contributed by atoms with E-state index in [9.17, 15) is 4.79 Å². The minimum atomic E-state index is -0.272. The standard InChI is InChI=1S/C9H11N3O/c1-7(3-4-10)8(13)9-11-5-6-12(9)2/h5-7H,3H2,1-2H3. The summed E-state index contributed by atoms with van der Waals surface area (Å²) in [5.41, 5.74) is 0. The van der Waals surface area contributed by atoms with E-state index in [1.807, 2.05) is 6.07 Å². The van der Waals surface area contributed by atoms with Gasteiger partial charge in [-0.3, -0.25) is 4.79 Å². The molecule has 1 unspecified atom stereocenters. The minimum Gasteiger partial charge on any atom is -0.332 e. The fourth-order valence-electron chi connectivity index (χ4n) is 1.05. The highest BCUT2D eigenvalue weighted by molar-refractivity contribution is 5.94. The number of aryl methyl sites for hydroxylation is 1. The van der Waals surface area contributed by atoms with Gasteiger partial charge in [0.2, 0.25) is 5.78 Å². The number of carbonyl (C=O) groups excluding carboxylic acids is 1. The van der Waals surface area contributed by atoms with Crippen molar-refractivity contribution in [2.45, 2.75) is 13.3 Å². The van der Waals surface area contributed by atoms with Crippen molar-refractivity contribution >= 4 is 5.78 Å². The summed E-state index contributed by atoms with van der Waals surface area (Å²) < 4.78 is 1.66. The van der Waals surface area contributed by atoms with Gasteiger partial charge in [-0.15, -0.1) is 0 Å². The third-order valence-corrected chi connectivity index (χ3v) is 1.89. The van der Waals surface area contributed by atoms with Crippen molar-refractivity contribution in [3.63, 3.8) is 0 Å². The Kier molecular flexibility index (Phi) is 2.80. The normalized spacial score (nSPS) is 12.1. The molecule has 0 aliphatic heterocycles. The van der Waals surface area contributed by atoms with Gasteiger partial charge in [-0.25, -0.2) is 4.98 Å². The zero-order valence-electron chi connectivity index (χ0n) is 7.69. The van der Waals surface area contributed by atoms with Crippen molar-refractivity contribution in [1.82, 2.24) is 9.55 Å². The smallest absolute Gasteiger partial charge is 0.202 e. The van der Waals surface area contributed by atoms with E-state index in [1.165, 1.54) is 0 Å². The van der Waals surface area contributed by atoms with Crippen LogP contribution in [0.3, 0.4) is 0 Å². The zero-order valence-corrected chi connectivity index (χ0v) is 7.69. The molecule has 4 heteroatoms. The molecule has 0 spiro atoms. The molecule has 0 amide bonds. The molecule has 1 heterocycles. The number of hydrogen-bond acceptors (Lipinski definition) is 3. The van der Waals surface area contributed by atoms with Crippen molar-refractivity contribution in [2.75, 3.05) is 0 Å². The fourth-order valence-corrected chi connectivity index (χ4v) is 1.05. The maximum absolute atomic E-state index is 11.6. The Morgan fingerprint density at radius 3 is 3.00 bits per heavy atom. The summed E-state index contributed by atoms with van der Waals surface area (Å²) in [6.45, 7) is 1.74. The van der Waals surface area contributed by atoms with Gasteiger partial charge in [0.1, 0.15) is 0 Å². The van der Waals surface area contributed by atoms with E-state index < -0.39 is 0 Å². The van der Waals surface area contributed by atoms with Crippen LogP contribution in [0.15, 0.2) is 12.4 Å². The quantitative estimate of drug-likeness (QED) is 0.651. The molecule has 13 heavy (non-hydrogen) atoms. The third kappa shape index (κ3) is 1.94. The highest BCUT2D eigenvalue weighted by Crippen LogP contribution is 2.08. The first kappa shape index (κ1) is 9.46. The maximum atomic E-state index is 11.6. The number of rotatable bonds is 3. The molecule has 1 atom stereocenters. The predicted molar refractivity (Wildman–Crippen MR) is 46.9 cm³/mol. The second kappa shape index (κ2) is 3.85. The van der Waals surface area contributed by atoms with E-state index in [4.69, 9.17) is 5.26 Å². The van der Waals surface area contributed by atoms with Crippen LogP contribution < -0.4 is 0 Å². The van der Waals surface area contributed by atoms with Crippen LogP contribution in [-0.2, 0) is 7.05 Å². The molecule has 0 bridgehead atoms. The first-order valence-electron chi connectivity index (χ1n) is 4.05. The van der Waals surface area contributed by atoms with Crippen LogP contribution in [0.4, 0.5) is 0 Å². The summed E-state index contributed by atoms with van der Waals surface area (Å²) in [5, 5.41) is 8.42. The summed E-state index contributed by atoms with van der Waals surface area (Å²) in [5.74, 6) is 0.0721. The molecule has 1 rings (SSSR count). The minimum absolute atomic E-state index is 0.0750. The Labute approximate surface area is 76.8 Å². The van der Waals surface area contributed by atoms with Gasteiger partial charge in [0.25, 0.3) is 0 Å². The van der Waals surface area contributed by atoms with E-state index in [0.29, 0.717) is 5.82 Å². The van der Waals surface area contributed by atoms with Crippen molar-refractivity contribution in [1.29, 1.82) is 5.26 Å². The van der Waals surface area contributed by atoms with Crippen molar-refractivity contribution in [3.05, 3.63) is 18.2 Å². The van der Waals surface area contributed by atoms with Gasteiger partial charge in [-0.05, 0) is 0 Å². The van der Waals surface area contributed by atoms with Gasteiger partial charge in [-0.1, -0.05) is 6.92 Å². The van der Waals surface area contributed by atoms with Crippen LogP contribution in [0.2, 0.25) is 0 Å². The molecule has 0 aromatic carbocycles. The SMILES string of the molecule is CC(CC#N)C(=O)c1nccn1C. The van der Waals surface area contributed by atoms with E-state index in [1.54, 1.807) is 30.9 Å². The maximum Gasteiger partial charge on any atom is 0.202 e. The van der Waals surface area contributed by atoms with Crippen LogP contribution in [-0.4, -0.2) is 15.3 Å². The Hall–Kier alpha value is -1.63. The number of nitrogens with zero attached hydrogens (tertiary/aromatic N) is 3. The van der Waals surface area contributed by atoms with E-state index >= 15 is 0 Å². The van der Waals surface area contributed by atoms with Crippen molar-refractivity contribution < 1.29 is 4.79 Å². The summed E-state index contributed by atoms with van der Waals surface area (Å²) in [7, 11) is 1.76. The van der Waals surface area contributed by atoms with Gasteiger partial charge in [0.05, 0.1) is 6.07 Å². The van der Waals surface area contributed by atoms with Gasteiger partial charge in [-0.2, -0.15) is 5.26 Å². The second-order valence-corrected chi connectivity index (χ2v) is 2.99. The van der Waals surface area contributed by atoms with Gasteiger partial charge < -0.3 is 4.57 Å². The molecular weight excluding hydrogens is 166 g/mol. The number of Topliss-reactive ketones (excluding diaryl/α,β-unsaturated/α-hetero) is 1. The third-order valence-electron chi connectivity index (χ3n) is 1.89. The molecule has 0 aliphatic rings. The summed E-state index contributed by atoms with van der Waals surface area (Å²) in [4.78, 5) is 15.5. The lowest BCUT2D eigenvalue weighted by molar-refractivity contribution is 0.0918. The molecule has 0 fully saturated rings. The molecule has 68 valence electrons. The number of imidazole rings is 1. The first-order chi connectivity index (χ1) is 6.16. The summed E-state index contributed by atoms with van der Waals surface area (Å²) in [6.07, 6.45) is 3.53. The number of nitriles is 1. The Balaban J connectivity index is 2.81. The molecular formula is C9H11N3O. The van der Waals surface area contributed by atoms with E-state index in [-0.39, 0.29) is 18.1 Å². The van der Waals surface area contributed by atoms with Crippen molar-refractivity contribution in [3.8, 4) is 6.07 Å². The Morgan fingerprint density at radius 1 is 1.85 bits per heavy atom. The molecule has 1 aromatic heterocycles. The van der Waals surface area contributed by atoms with Gasteiger partial charge in [0, 0.05) is 31.8 Å². The van der Waals surface area contributed by atoms with Crippen LogP contribution in [0.25, 0.3) is 0 Å². The van der Waals surface area contributed by atoms with Gasteiger partial charge in [0.15, 0.2) is 5.82 Å². The number of carbonyl (C=O) groups is 1. The van der Waals surface area contributed by atoms with Gasteiger partial charge >= 0.3 is 0 Å². The van der Waals surface area contributed by atoms with Crippen LogP contribution >= 0.6 is 0 Å². The topological polar surface area (TPSA) is 58.7 Å².